The van der Waals surface area contributed by atoms with Crippen LogP contribution in [-0.4, -0.2) is 35.5 Å². The standard InChI is InChI=1S/C25H42O4/c1-15(5-8-23(28)29-4)18-6-7-19-17-14-22(27)21-13-16(26)9-11-25(21,3)20(17)10-12-24(18,19)2/h15-22,26-27H,5-14H2,1-4H3/t15-,16-,17+,18-,19+,20+,21+,22+,24-,25-/m0/s1. The molecule has 4 heteroatoms. The Kier molecular flexibility index (Phi) is 5.83. The second-order valence-electron chi connectivity index (χ2n) is 11.5. The molecule has 4 aliphatic carbocycles. The molecule has 4 nitrogen and oxygen atoms in total. The normalized spacial score (nSPS) is 50.2. The second kappa shape index (κ2) is 7.82. The van der Waals surface area contributed by atoms with Crippen molar-refractivity contribution in [3.05, 3.63) is 0 Å². The van der Waals surface area contributed by atoms with E-state index in [4.69, 9.17) is 4.74 Å². The molecule has 0 amide bonds. The van der Waals surface area contributed by atoms with E-state index in [0.717, 1.165) is 32.1 Å². The zero-order chi connectivity index (χ0) is 21.0. The summed E-state index contributed by atoms with van der Waals surface area (Å²) in [6, 6.07) is 0. The van der Waals surface area contributed by atoms with Crippen molar-refractivity contribution in [2.75, 3.05) is 7.11 Å². The number of ether oxygens (including phenoxy) is 1. The van der Waals surface area contributed by atoms with Crippen LogP contribution in [0.15, 0.2) is 0 Å². The van der Waals surface area contributed by atoms with Crippen LogP contribution >= 0.6 is 0 Å². The summed E-state index contributed by atoms with van der Waals surface area (Å²) in [4.78, 5) is 11.6. The minimum Gasteiger partial charge on any atom is -0.469 e. The van der Waals surface area contributed by atoms with Gasteiger partial charge in [-0.3, -0.25) is 4.79 Å². The van der Waals surface area contributed by atoms with E-state index in [1.54, 1.807) is 0 Å². The van der Waals surface area contributed by atoms with Crippen molar-refractivity contribution in [1.29, 1.82) is 0 Å². The van der Waals surface area contributed by atoms with Crippen LogP contribution in [0.1, 0.15) is 85.0 Å². The number of methoxy groups -OCH3 is 1. The molecule has 4 saturated carbocycles. The van der Waals surface area contributed by atoms with Crippen LogP contribution in [0.25, 0.3) is 0 Å². The van der Waals surface area contributed by atoms with Gasteiger partial charge in [-0.2, -0.15) is 0 Å². The first-order valence-electron chi connectivity index (χ1n) is 12.1. The van der Waals surface area contributed by atoms with Crippen molar-refractivity contribution in [3.8, 4) is 0 Å². The summed E-state index contributed by atoms with van der Waals surface area (Å²) >= 11 is 0. The maximum atomic E-state index is 11.6. The maximum Gasteiger partial charge on any atom is 0.305 e. The molecule has 29 heavy (non-hydrogen) atoms. The van der Waals surface area contributed by atoms with Crippen LogP contribution in [-0.2, 0) is 9.53 Å². The zero-order valence-electron chi connectivity index (χ0n) is 18.9. The molecule has 4 aliphatic rings. The van der Waals surface area contributed by atoms with Gasteiger partial charge in [0.15, 0.2) is 0 Å². The van der Waals surface area contributed by atoms with E-state index in [0.29, 0.717) is 41.4 Å². The van der Waals surface area contributed by atoms with E-state index < -0.39 is 0 Å². The number of hydrogen-bond donors (Lipinski definition) is 2. The Morgan fingerprint density at radius 2 is 1.69 bits per heavy atom. The third-order valence-electron chi connectivity index (χ3n) is 10.4. The molecule has 0 aromatic carbocycles. The van der Waals surface area contributed by atoms with Gasteiger partial charge in [0, 0.05) is 6.42 Å². The predicted octanol–water partition coefficient (Wildman–Crippen LogP) is 4.57. The van der Waals surface area contributed by atoms with Crippen LogP contribution in [0.2, 0.25) is 0 Å². The Morgan fingerprint density at radius 1 is 1.00 bits per heavy atom. The molecule has 0 unspecified atom stereocenters. The summed E-state index contributed by atoms with van der Waals surface area (Å²) in [5, 5.41) is 21.3. The van der Waals surface area contributed by atoms with Crippen LogP contribution in [0, 0.1) is 46.3 Å². The molecule has 0 saturated heterocycles. The maximum absolute atomic E-state index is 11.6. The summed E-state index contributed by atoms with van der Waals surface area (Å²) in [5.74, 6) is 3.42. The third-order valence-corrected chi connectivity index (χ3v) is 10.4. The van der Waals surface area contributed by atoms with E-state index >= 15 is 0 Å². The fourth-order valence-electron chi connectivity index (χ4n) is 8.90. The van der Waals surface area contributed by atoms with Gasteiger partial charge in [-0.25, -0.2) is 0 Å². The van der Waals surface area contributed by atoms with E-state index in [1.807, 2.05) is 0 Å². The van der Waals surface area contributed by atoms with E-state index in [-0.39, 0.29) is 29.5 Å². The zero-order valence-corrected chi connectivity index (χ0v) is 18.9. The highest BCUT2D eigenvalue weighted by Gasteiger charge is 2.62. The lowest BCUT2D eigenvalue weighted by atomic mass is 9.44. The average molecular weight is 407 g/mol. The topological polar surface area (TPSA) is 66.8 Å². The molecule has 0 spiro atoms. The molecule has 0 aromatic rings. The lowest BCUT2D eigenvalue weighted by Crippen LogP contribution is -2.58. The highest BCUT2D eigenvalue weighted by atomic mass is 16.5. The highest BCUT2D eigenvalue weighted by Crippen LogP contribution is 2.68. The van der Waals surface area contributed by atoms with Gasteiger partial charge < -0.3 is 14.9 Å². The first kappa shape index (κ1) is 21.6. The molecular formula is C25H42O4. The van der Waals surface area contributed by atoms with Gasteiger partial charge in [-0.05, 0) is 104 Å². The fraction of sp³-hybridized carbons (Fsp3) is 0.960. The molecular weight excluding hydrogens is 364 g/mol. The Morgan fingerprint density at radius 3 is 2.41 bits per heavy atom. The van der Waals surface area contributed by atoms with Crippen LogP contribution in [0.3, 0.4) is 0 Å². The van der Waals surface area contributed by atoms with Crippen molar-refractivity contribution in [2.45, 2.75) is 97.2 Å². The lowest BCUT2D eigenvalue weighted by molar-refractivity contribution is -0.172. The van der Waals surface area contributed by atoms with Crippen LogP contribution in [0.5, 0.6) is 0 Å². The van der Waals surface area contributed by atoms with Gasteiger partial charge in [0.1, 0.15) is 0 Å². The number of carbonyl (C=O) groups is 1. The summed E-state index contributed by atoms with van der Waals surface area (Å²) in [7, 11) is 1.48. The first-order chi connectivity index (χ1) is 13.7. The van der Waals surface area contributed by atoms with Crippen molar-refractivity contribution in [2.24, 2.45) is 46.3 Å². The lowest BCUT2D eigenvalue weighted by Gasteiger charge is -2.62. The number of rotatable bonds is 4. The Balaban J connectivity index is 1.52. The Labute approximate surface area is 176 Å². The van der Waals surface area contributed by atoms with E-state index in [9.17, 15) is 15.0 Å². The van der Waals surface area contributed by atoms with Crippen LogP contribution < -0.4 is 0 Å². The van der Waals surface area contributed by atoms with Gasteiger partial charge in [-0.15, -0.1) is 0 Å². The number of aliphatic hydroxyl groups excluding tert-OH is 2. The van der Waals surface area contributed by atoms with Gasteiger partial charge in [0.2, 0.25) is 0 Å². The molecule has 4 rings (SSSR count). The first-order valence-corrected chi connectivity index (χ1v) is 12.1. The Hall–Kier alpha value is -0.610. The Bertz CT molecular complexity index is 620. The number of esters is 1. The largest absolute Gasteiger partial charge is 0.469 e. The molecule has 10 atom stereocenters. The SMILES string of the molecule is COC(=O)CC[C@H](C)[C@@H]1CC[C@@H]2[C@H]3C[C@@H](O)[C@H]4C[C@@H](O)CC[C@@]4(C)[C@@H]3CC[C@]21C. The van der Waals surface area contributed by atoms with Crippen LogP contribution in [0.4, 0.5) is 0 Å². The summed E-state index contributed by atoms with van der Waals surface area (Å²) in [5.41, 5.74) is 0.533. The smallest absolute Gasteiger partial charge is 0.305 e. The predicted molar refractivity (Wildman–Crippen MR) is 113 cm³/mol. The molecule has 0 aromatic heterocycles. The van der Waals surface area contributed by atoms with Crippen molar-refractivity contribution >= 4 is 5.97 Å². The van der Waals surface area contributed by atoms with Crippen molar-refractivity contribution < 1.29 is 19.7 Å². The van der Waals surface area contributed by atoms with Crippen molar-refractivity contribution in [1.82, 2.24) is 0 Å². The monoisotopic (exact) mass is 406 g/mol. The molecule has 0 radical (unpaired) electrons. The quantitative estimate of drug-likeness (QED) is 0.671. The summed E-state index contributed by atoms with van der Waals surface area (Å²) in [6.45, 7) is 7.28. The molecule has 0 heterocycles. The molecule has 4 fully saturated rings. The van der Waals surface area contributed by atoms with Gasteiger partial charge in [0.25, 0.3) is 0 Å². The average Bonchev–Trinajstić information content (AvgIpc) is 3.05. The highest BCUT2D eigenvalue weighted by molar-refractivity contribution is 5.69. The molecule has 0 aliphatic heterocycles. The van der Waals surface area contributed by atoms with Gasteiger partial charge in [-0.1, -0.05) is 20.8 Å². The molecule has 166 valence electrons. The fourth-order valence-corrected chi connectivity index (χ4v) is 8.90. The third kappa shape index (κ3) is 3.46. The summed E-state index contributed by atoms with van der Waals surface area (Å²) in [6.07, 6.45) is 9.77. The molecule has 0 bridgehead atoms. The summed E-state index contributed by atoms with van der Waals surface area (Å²) < 4.78 is 4.86. The van der Waals surface area contributed by atoms with Gasteiger partial charge >= 0.3 is 5.97 Å². The minimum absolute atomic E-state index is 0.0888. The number of aliphatic hydroxyl groups is 2. The van der Waals surface area contributed by atoms with E-state index in [1.165, 1.54) is 32.8 Å². The van der Waals surface area contributed by atoms with E-state index in [2.05, 4.69) is 20.8 Å². The van der Waals surface area contributed by atoms with Gasteiger partial charge in [0.05, 0.1) is 19.3 Å². The number of carbonyl (C=O) groups excluding carboxylic acids is 1. The number of fused-ring (bicyclic) bond motifs is 5. The molecule has 2 N–H and O–H groups in total. The minimum atomic E-state index is -0.255. The van der Waals surface area contributed by atoms with Crippen molar-refractivity contribution in [3.63, 3.8) is 0 Å². The second-order valence-corrected chi connectivity index (χ2v) is 11.5. The number of hydrogen-bond acceptors (Lipinski definition) is 4.